The smallest absolute Gasteiger partial charge is 0.356 e. The van der Waals surface area contributed by atoms with E-state index in [0.717, 1.165) is 6.42 Å². The number of hydrogen-bond acceptors (Lipinski definition) is 7. The van der Waals surface area contributed by atoms with E-state index in [-0.39, 0.29) is 18.2 Å². The third kappa shape index (κ3) is 5.03. The predicted octanol–water partition coefficient (Wildman–Crippen LogP) is 3.62. The second-order valence-electron chi connectivity index (χ2n) is 6.61. The Morgan fingerprint density at radius 3 is 2.23 bits per heavy atom. The molecule has 0 saturated carbocycles. The Bertz CT molecular complexity index is 1100. The number of methoxy groups -OCH3 is 3. The van der Waals surface area contributed by atoms with Crippen molar-refractivity contribution in [2.75, 3.05) is 33.3 Å². The molecule has 2 aromatic carbocycles. The zero-order valence-electron chi connectivity index (χ0n) is 17.9. The molecule has 1 amide bonds. The first-order chi connectivity index (χ1) is 15.0. The number of esters is 1. The number of ether oxygens (including phenoxy) is 4. The Balaban J connectivity index is 1.87. The van der Waals surface area contributed by atoms with Crippen molar-refractivity contribution in [2.45, 2.75) is 13.3 Å². The van der Waals surface area contributed by atoms with Gasteiger partial charge >= 0.3 is 5.97 Å². The molecule has 0 bridgehead atoms. The average Bonchev–Trinajstić information content (AvgIpc) is 2.81. The summed E-state index contributed by atoms with van der Waals surface area (Å²) in [6, 6.07) is 12.3. The van der Waals surface area contributed by atoms with Gasteiger partial charge in [0.25, 0.3) is 5.91 Å². The maximum Gasteiger partial charge on any atom is 0.356 e. The second kappa shape index (κ2) is 9.80. The fourth-order valence-electron chi connectivity index (χ4n) is 3.01. The number of pyridine rings is 1. The highest BCUT2D eigenvalue weighted by Gasteiger charge is 2.17. The van der Waals surface area contributed by atoms with Crippen LogP contribution in [0.3, 0.4) is 0 Å². The van der Waals surface area contributed by atoms with Gasteiger partial charge in [0, 0.05) is 23.2 Å². The van der Waals surface area contributed by atoms with Crippen molar-refractivity contribution in [3.63, 3.8) is 0 Å². The van der Waals surface area contributed by atoms with E-state index in [1.54, 1.807) is 12.1 Å². The van der Waals surface area contributed by atoms with Gasteiger partial charge in [-0.25, -0.2) is 9.78 Å². The molecular weight excluding hydrogens is 400 g/mol. The van der Waals surface area contributed by atoms with Gasteiger partial charge in [-0.15, -0.1) is 0 Å². The van der Waals surface area contributed by atoms with E-state index < -0.39 is 5.97 Å². The number of anilines is 1. The van der Waals surface area contributed by atoms with E-state index in [0.29, 0.717) is 33.8 Å². The Morgan fingerprint density at radius 1 is 0.935 bits per heavy atom. The molecule has 0 aliphatic carbocycles. The molecule has 0 radical (unpaired) electrons. The third-order valence-corrected chi connectivity index (χ3v) is 4.68. The van der Waals surface area contributed by atoms with Crippen molar-refractivity contribution in [3.05, 3.63) is 53.7 Å². The lowest BCUT2D eigenvalue weighted by Gasteiger charge is -2.14. The minimum absolute atomic E-state index is 0.0489. The normalized spacial score (nSPS) is 10.5. The van der Waals surface area contributed by atoms with Crippen LogP contribution in [0.1, 0.15) is 23.0 Å². The summed E-state index contributed by atoms with van der Waals surface area (Å²) < 4.78 is 21.2. The van der Waals surface area contributed by atoms with Crippen LogP contribution in [-0.2, 0) is 16.0 Å². The minimum Gasteiger partial charge on any atom is -0.493 e. The molecule has 0 atom stereocenters. The lowest BCUT2D eigenvalue weighted by Crippen LogP contribution is -2.20. The zero-order valence-corrected chi connectivity index (χ0v) is 17.9. The monoisotopic (exact) mass is 424 g/mol. The number of nitrogens with zero attached hydrogens (tertiary/aromatic N) is 1. The maximum absolute atomic E-state index is 12.4. The van der Waals surface area contributed by atoms with Crippen LogP contribution < -0.4 is 19.5 Å². The largest absolute Gasteiger partial charge is 0.493 e. The lowest BCUT2D eigenvalue weighted by atomic mass is 10.1. The highest BCUT2D eigenvalue weighted by Crippen LogP contribution is 2.36. The number of rotatable bonds is 8. The van der Waals surface area contributed by atoms with E-state index in [2.05, 4.69) is 17.2 Å². The van der Waals surface area contributed by atoms with Crippen LogP contribution in [-0.4, -0.2) is 44.8 Å². The Morgan fingerprint density at radius 2 is 1.61 bits per heavy atom. The summed E-state index contributed by atoms with van der Waals surface area (Å²) in [5.41, 5.74) is 2.34. The molecule has 0 unspecified atom stereocenters. The van der Waals surface area contributed by atoms with E-state index in [4.69, 9.17) is 18.9 Å². The van der Waals surface area contributed by atoms with Crippen LogP contribution in [0.4, 0.5) is 5.69 Å². The molecule has 1 N–H and O–H groups in total. The SMILES string of the molecule is CCc1ccc(NC(=O)COc2cc(C(=O)OC)nc3cc(OC)c(OC)cc23)cc1. The van der Waals surface area contributed by atoms with Gasteiger partial charge in [0.05, 0.1) is 26.8 Å². The Kier molecular flexibility index (Phi) is 6.92. The fraction of sp³-hybridized carbons (Fsp3) is 0.261. The van der Waals surface area contributed by atoms with E-state index in [1.807, 2.05) is 24.3 Å². The molecule has 162 valence electrons. The molecule has 31 heavy (non-hydrogen) atoms. The standard InChI is InChI=1S/C23H24N2O6/c1-5-14-6-8-15(9-7-14)24-22(26)13-31-19-12-18(23(27)30-4)25-17-11-21(29-3)20(28-2)10-16(17)19/h6-12H,5,13H2,1-4H3,(H,24,26). The summed E-state index contributed by atoms with van der Waals surface area (Å²) in [5.74, 6) is 0.246. The van der Waals surface area contributed by atoms with Gasteiger partial charge in [-0.3, -0.25) is 4.79 Å². The molecule has 8 nitrogen and oxygen atoms in total. The summed E-state index contributed by atoms with van der Waals surface area (Å²) in [7, 11) is 4.28. The van der Waals surface area contributed by atoms with Gasteiger partial charge in [0.15, 0.2) is 23.8 Å². The first kappa shape index (κ1) is 21.9. The maximum atomic E-state index is 12.4. The van der Waals surface area contributed by atoms with Crippen LogP contribution in [0.5, 0.6) is 17.2 Å². The van der Waals surface area contributed by atoms with Crippen molar-refractivity contribution in [1.82, 2.24) is 4.98 Å². The second-order valence-corrected chi connectivity index (χ2v) is 6.61. The number of fused-ring (bicyclic) bond motifs is 1. The number of benzene rings is 2. The third-order valence-electron chi connectivity index (χ3n) is 4.68. The van der Waals surface area contributed by atoms with Crippen molar-refractivity contribution in [3.8, 4) is 17.2 Å². The van der Waals surface area contributed by atoms with Crippen LogP contribution in [0.2, 0.25) is 0 Å². The summed E-state index contributed by atoms with van der Waals surface area (Å²) in [6.07, 6.45) is 0.920. The molecule has 0 fully saturated rings. The molecule has 0 saturated heterocycles. The lowest BCUT2D eigenvalue weighted by molar-refractivity contribution is -0.118. The number of carbonyl (C=O) groups excluding carboxylic acids is 2. The first-order valence-corrected chi connectivity index (χ1v) is 9.65. The van der Waals surface area contributed by atoms with Gasteiger partial charge in [0.1, 0.15) is 5.75 Å². The van der Waals surface area contributed by atoms with Crippen LogP contribution in [0.25, 0.3) is 10.9 Å². The van der Waals surface area contributed by atoms with Crippen molar-refractivity contribution < 1.29 is 28.5 Å². The van der Waals surface area contributed by atoms with E-state index >= 15 is 0 Å². The van der Waals surface area contributed by atoms with Gasteiger partial charge in [-0.2, -0.15) is 0 Å². The van der Waals surface area contributed by atoms with Gasteiger partial charge in [-0.1, -0.05) is 19.1 Å². The highest BCUT2D eigenvalue weighted by molar-refractivity contribution is 5.96. The molecule has 8 heteroatoms. The summed E-state index contributed by atoms with van der Waals surface area (Å²) in [6.45, 7) is 1.80. The molecule has 0 aliphatic rings. The molecule has 0 aliphatic heterocycles. The zero-order chi connectivity index (χ0) is 22.4. The van der Waals surface area contributed by atoms with Gasteiger partial charge < -0.3 is 24.3 Å². The molecule has 3 aromatic rings. The predicted molar refractivity (Wildman–Crippen MR) is 116 cm³/mol. The average molecular weight is 424 g/mol. The first-order valence-electron chi connectivity index (χ1n) is 9.65. The number of hydrogen-bond donors (Lipinski definition) is 1. The van der Waals surface area contributed by atoms with Gasteiger partial charge in [0.2, 0.25) is 0 Å². The van der Waals surface area contributed by atoms with Crippen molar-refractivity contribution in [2.24, 2.45) is 0 Å². The number of aryl methyl sites for hydroxylation is 1. The summed E-state index contributed by atoms with van der Waals surface area (Å²) in [4.78, 5) is 28.7. The van der Waals surface area contributed by atoms with Crippen molar-refractivity contribution in [1.29, 1.82) is 0 Å². The number of nitrogens with one attached hydrogen (secondary N) is 1. The van der Waals surface area contributed by atoms with E-state index in [9.17, 15) is 9.59 Å². The topological polar surface area (TPSA) is 96.0 Å². The molecule has 0 spiro atoms. The summed E-state index contributed by atoms with van der Waals surface area (Å²) in [5, 5.41) is 3.35. The fourth-order valence-corrected chi connectivity index (χ4v) is 3.01. The molecule has 1 aromatic heterocycles. The Labute approximate surface area is 180 Å². The summed E-state index contributed by atoms with van der Waals surface area (Å²) >= 11 is 0. The Hall–Kier alpha value is -3.81. The molecular formula is C23H24N2O6. The number of carbonyl (C=O) groups is 2. The quantitative estimate of drug-likeness (QED) is 0.552. The molecule has 3 rings (SSSR count). The van der Waals surface area contributed by atoms with Crippen LogP contribution in [0, 0.1) is 0 Å². The highest BCUT2D eigenvalue weighted by atomic mass is 16.5. The van der Waals surface area contributed by atoms with Gasteiger partial charge in [-0.05, 0) is 30.2 Å². The number of amides is 1. The minimum atomic E-state index is -0.623. The van der Waals surface area contributed by atoms with Crippen LogP contribution in [0.15, 0.2) is 42.5 Å². The number of aromatic nitrogens is 1. The van der Waals surface area contributed by atoms with Crippen LogP contribution >= 0.6 is 0 Å². The van der Waals surface area contributed by atoms with E-state index in [1.165, 1.54) is 33.0 Å². The molecule has 1 heterocycles. The van der Waals surface area contributed by atoms with Crippen molar-refractivity contribution >= 4 is 28.5 Å².